The number of nitrogens with one attached hydrogen (secondary N) is 1. The van der Waals surface area contributed by atoms with Gasteiger partial charge in [0.1, 0.15) is 11.5 Å². The fraction of sp³-hybridized carbons (Fsp3) is 0.286. The molecule has 0 bridgehead atoms. The minimum absolute atomic E-state index is 0.0834. The van der Waals surface area contributed by atoms with Gasteiger partial charge in [-0.25, -0.2) is 0 Å². The van der Waals surface area contributed by atoms with Crippen molar-refractivity contribution in [3.63, 3.8) is 0 Å². The van der Waals surface area contributed by atoms with Crippen LogP contribution in [0.4, 0.5) is 5.69 Å². The summed E-state index contributed by atoms with van der Waals surface area (Å²) in [6.45, 7) is 5.51. The third-order valence-electron chi connectivity index (χ3n) is 6.91. The number of ether oxygens (including phenoxy) is 2. The van der Waals surface area contributed by atoms with E-state index in [9.17, 15) is 14.7 Å². The van der Waals surface area contributed by atoms with E-state index >= 15 is 0 Å². The molecular weight excluding hydrogens is 556 g/mol. The summed E-state index contributed by atoms with van der Waals surface area (Å²) < 4.78 is 11.6. The number of carbonyl (C=O) groups is 2. The number of aromatic nitrogens is 1. The minimum atomic E-state index is -0.308. The summed E-state index contributed by atoms with van der Waals surface area (Å²) in [7, 11) is 4.13. The van der Waals surface area contributed by atoms with E-state index in [-0.39, 0.29) is 30.4 Å². The first-order valence-corrected chi connectivity index (χ1v) is 14.6. The number of aliphatic hydroxyl groups excluding tert-OH is 1. The minimum Gasteiger partial charge on any atom is -0.490 e. The topological polar surface area (TPSA) is 104 Å². The normalized spacial score (nSPS) is 15.1. The van der Waals surface area contributed by atoms with Gasteiger partial charge in [-0.15, -0.1) is 0 Å². The van der Waals surface area contributed by atoms with Crippen molar-refractivity contribution in [3.8, 4) is 17.2 Å². The Bertz CT molecular complexity index is 1500. The van der Waals surface area contributed by atoms with Crippen molar-refractivity contribution in [3.05, 3.63) is 114 Å². The smallest absolute Gasteiger partial charge is 0.258 e. The molecule has 0 radical (unpaired) electrons. The molecule has 2 amide bonds. The number of benzene rings is 3. The second-order valence-electron chi connectivity index (χ2n) is 11.1. The lowest BCUT2D eigenvalue weighted by molar-refractivity contribution is 0.0524. The molecule has 4 aromatic rings. The van der Waals surface area contributed by atoms with Gasteiger partial charge in [0.15, 0.2) is 5.75 Å². The lowest BCUT2D eigenvalue weighted by Crippen LogP contribution is -2.45. The summed E-state index contributed by atoms with van der Waals surface area (Å²) in [5.74, 6) is 1.65. The number of carbonyl (C=O) groups excluding carboxylic acids is 2. The highest BCUT2D eigenvalue weighted by atomic mass is 16.5. The van der Waals surface area contributed by atoms with Gasteiger partial charge in [0, 0.05) is 37.0 Å². The molecule has 2 N–H and O–H groups in total. The van der Waals surface area contributed by atoms with Crippen molar-refractivity contribution in [2.75, 3.05) is 39.2 Å². The van der Waals surface area contributed by atoms with Crippen LogP contribution in [0, 0.1) is 5.92 Å². The van der Waals surface area contributed by atoms with Crippen molar-refractivity contribution in [1.29, 1.82) is 0 Å². The van der Waals surface area contributed by atoms with E-state index in [0.717, 1.165) is 18.0 Å². The molecule has 9 nitrogen and oxygen atoms in total. The van der Waals surface area contributed by atoms with E-state index in [1.807, 2.05) is 56.3 Å². The molecule has 1 aliphatic heterocycles. The molecule has 1 aromatic heterocycles. The van der Waals surface area contributed by atoms with Crippen molar-refractivity contribution < 1.29 is 24.2 Å². The summed E-state index contributed by atoms with van der Waals surface area (Å²) in [6, 6.07) is 26.0. The van der Waals surface area contributed by atoms with Crippen LogP contribution in [0.2, 0.25) is 0 Å². The number of nitrogens with zero attached hydrogens (tertiary/aromatic N) is 3. The molecule has 1 aliphatic rings. The predicted molar refractivity (Wildman–Crippen MR) is 171 cm³/mol. The number of fused-ring (bicyclic) bond motifs is 1. The van der Waals surface area contributed by atoms with E-state index < -0.39 is 0 Å². The lowest BCUT2D eigenvalue weighted by atomic mass is 10.1. The van der Waals surface area contributed by atoms with Gasteiger partial charge < -0.3 is 29.7 Å². The van der Waals surface area contributed by atoms with Gasteiger partial charge in [0.25, 0.3) is 11.8 Å². The first kappa shape index (κ1) is 32.2. The van der Waals surface area contributed by atoms with E-state index in [1.165, 1.54) is 5.56 Å². The Morgan fingerprint density at radius 3 is 2.36 bits per heavy atom. The van der Waals surface area contributed by atoms with Crippen molar-refractivity contribution >= 4 is 17.5 Å². The SMILES string of the molecule is CC1COc2c(NC(=O)c3ccncc3)cccc2C(=O)N(C(C)CO)C1.CN(C)Cc1ccc(Oc2ccccc2)cc1. The Labute approximate surface area is 259 Å². The van der Waals surface area contributed by atoms with E-state index in [1.54, 1.807) is 47.6 Å². The average molecular weight is 597 g/mol. The van der Waals surface area contributed by atoms with Crippen molar-refractivity contribution in [2.45, 2.75) is 26.4 Å². The largest absolute Gasteiger partial charge is 0.490 e. The maximum atomic E-state index is 13.1. The number of hydrogen-bond donors (Lipinski definition) is 2. The fourth-order valence-corrected chi connectivity index (χ4v) is 4.64. The van der Waals surface area contributed by atoms with E-state index in [2.05, 4.69) is 41.4 Å². The van der Waals surface area contributed by atoms with Crippen LogP contribution in [0.25, 0.3) is 0 Å². The van der Waals surface area contributed by atoms with Crippen LogP contribution in [0.5, 0.6) is 17.2 Å². The van der Waals surface area contributed by atoms with Crippen LogP contribution in [0.3, 0.4) is 0 Å². The van der Waals surface area contributed by atoms with Crippen LogP contribution in [0.15, 0.2) is 97.3 Å². The highest BCUT2D eigenvalue weighted by Gasteiger charge is 2.29. The van der Waals surface area contributed by atoms with Gasteiger partial charge in [-0.3, -0.25) is 14.6 Å². The molecule has 0 aliphatic carbocycles. The Hall–Kier alpha value is -4.73. The van der Waals surface area contributed by atoms with E-state index in [4.69, 9.17) is 9.47 Å². The van der Waals surface area contributed by atoms with E-state index in [0.29, 0.717) is 35.7 Å². The van der Waals surface area contributed by atoms with Gasteiger partial charge in [-0.1, -0.05) is 43.3 Å². The maximum Gasteiger partial charge on any atom is 0.258 e. The third-order valence-corrected chi connectivity index (χ3v) is 6.91. The number of para-hydroxylation sites is 2. The van der Waals surface area contributed by atoms with Gasteiger partial charge in [-0.05, 0) is 75.1 Å². The summed E-state index contributed by atoms with van der Waals surface area (Å²) >= 11 is 0. The van der Waals surface area contributed by atoms with Gasteiger partial charge in [0.2, 0.25) is 0 Å². The Morgan fingerprint density at radius 1 is 1.02 bits per heavy atom. The average Bonchev–Trinajstić information content (AvgIpc) is 3.03. The molecule has 0 saturated heterocycles. The number of amides is 2. The highest BCUT2D eigenvalue weighted by molar-refractivity contribution is 6.07. The van der Waals surface area contributed by atoms with Crippen molar-refractivity contribution in [1.82, 2.24) is 14.8 Å². The molecule has 0 spiro atoms. The first-order valence-electron chi connectivity index (χ1n) is 14.6. The second kappa shape index (κ2) is 15.7. The van der Waals surface area contributed by atoms with Crippen LogP contribution in [-0.4, -0.2) is 71.6 Å². The zero-order valence-corrected chi connectivity index (χ0v) is 25.6. The quantitative estimate of drug-likeness (QED) is 0.268. The summed E-state index contributed by atoms with van der Waals surface area (Å²) in [5, 5.41) is 12.3. The number of rotatable bonds is 8. The van der Waals surface area contributed by atoms with Gasteiger partial charge in [0.05, 0.1) is 30.5 Å². The third kappa shape index (κ3) is 8.89. The summed E-state index contributed by atoms with van der Waals surface area (Å²) in [4.78, 5) is 33.3. The lowest BCUT2D eigenvalue weighted by Gasteiger charge is -2.33. The van der Waals surface area contributed by atoms with Crippen LogP contribution >= 0.6 is 0 Å². The zero-order valence-electron chi connectivity index (χ0n) is 25.6. The number of hydrogen-bond acceptors (Lipinski definition) is 7. The number of pyridine rings is 1. The fourth-order valence-electron chi connectivity index (χ4n) is 4.64. The maximum absolute atomic E-state index is 13.1. The molecule has 2 unspecified atom stereocenters. The second-order valence-corrected chi connectivity index (χ2v) is 11.1. The summed E-state index contributed by atoms with van der Waals surface area (Å²) in [6.07, 6.45) is 3.08. The zero-order chi connectivity index (χ0) is 31.5. The Morgan fingerprint density at radius 2 is 1.70 bits per heavy atom. The first-order chi connectivity index (χ1) is 21.2. The molecule has 9 heteroatoms. The molecular formula is C35H40N4O5. The molecule has 0 fully saturated rings. The molecule has 2 heterocycles. The predicted octanol–water partition coefficient (Wildman–Crippen LogP) is 5.73. The Balaban J connectivity index is 0.000000223. The molecule has 2 atom stereocenters. The van der Waals surface area contributed by atoms with Gasteiger partial charge in [-0.2, -0.15) is 0 Å². The molecule has 0 saturated carbocycles. The Kier molecular flexibility index (Phi) is 11.5. The molecule has 3 aromatic carbocycles. The van der Waals surface area contributed by atoms with Gasteiger partial charge >= 0.3 is 0 Å². The monoisotopic (exact) mass is 596 g/mol. The highest BCUT2D eigenvalue weighted by Crippen LogP contribution is 2.33. The summed E-state index contributed by atoms with van der Waals surface area (Å²) in [5.41, 5.74) is 2.56. The standard InChI is InChI=1S/C20H23N3O4.C15H17NO/c1-13-10-23(14(2)11-24)20(26)16-4-3-5-17(18(16)27-12-13)22-19(25)15-6-8-21-9-7-15;1-16(2)12-13-8-10-15(11-9-13)17-14-6-4-3-5-7-14/h3-9,13-14,24H,10-12H2,1-2H3,(H,22,25);3-11H,12H2,1-2H3. The van der Waals surface area contributed by atoms with Crippen LogP contribution < -0.4 is 14.8 Å². The van der Waals surface area contributed by atoms with Crippen molar-refractivity contribution in [2.24, 2.45) is 5.92 Å². The molecule has 44 heavy (non-hydrogen) atoms. The number of aliphatic hydroxyl groups is 1. The number of anilines is 1. The van der Waals surface area contributed by atoms with Crippen LogP contribution in [0.1, 0.15) is 40.1 Å². The molecule has 230 valence electrons. The van der Waals surface area contributed by atoms with Crippen LogP contribution in [-0.2, 0) is 6.54 Å². The molecule has 5 rings (SSSR count).